The lowest BCUT2D eigenvalue weighted by molar-refractivity contribution is 0.407. The van der Waals surface area contributed by atoms with Gasteiger partial charge in [-0.05, 0) is 23.8 Å². The third-order valence-electron chi connectivity index (χ3n) is 3.02. The molecule has 102 valence electrons. The smallest absolute Gasteiger partial charge is 0.123 e. The van der Waals surface area contributed by atoms with Crippen LogP contribution in [0.5, 0.6) is 11.5 Å². The number of nitriles is 1. The largest absolute Gasteiger partial charge is 0.508 e. The molecule has 2 aromatic rings. The first-order valence-electron chi connectivity index (χ1n) is 6.28. The molecule has 4 heteroatoms. The highest BCUT2D eigenvalue weighted by molar-refractivity contribution is 5.35. The number of phenolic OH excluding ortho intramolecular Hbond substituents is 1. The zero-order valence-corrected chi connectivity index (χ0v) is 11.2. The normalized spacial score (nSPS) is 11.6. The summed E-state index contributed by atoms with van der Waals surface area (Å²) in [6.45, 7) is 0.512. The van der Waals surface area contributed by atoms with E-state index in [0.717, 1.165) is 16.9 Å². The summed E-state index contributed by atoms with van der Waals surface area (Å²) < 4.78 is 5.27. The predicted molar refractivity (Wildman–Crippen MR) is 76.3 cm³/mol. The molecule has 0 aromatic heterocycles. The first kappa shape index (κ1) is 13.9. The second kappa shape index (κ2) is 6.60. The lowest BCUT2D eigenvalue weighted by atomic mass is 10.1. The number of rotatable bonds is 5. The van der Waals surface area contributed by atoms with Gasteiger partial charge in [0.1, 0.15) is 17.5 Å². The van der Waals surface area contributed by atoms with Crippen LogP contribution >= 0.6 is 0 Å². The second-order valence-corrected chi connectivity index (χ2v) is 4.35. The summed E-state index contributed by atoms with van der Waals surface area (Å²) in [4.78, 5) is 0. The molecule has 20 heavy (non-hydrogen) atoms. The maximum atomic E-state index is 9.47. The summed E-state index contributed by atoms with van der Waals surface area (Å²) in [5.74, 6) is 0.939. The van der Waals surface area contributed by atoms with E-state index in [1.807, 2.05) is 30.3 Å². The molecule has 0 bridgehead atoms. The molecule has 1 unspecified atom stereocenters. The molecule has 0 fully saturated rings. The molecule has 0 saturated carbocycles. The van der Waals surface area contributed by atoms with Crippen molar-refractivity contribution >= 4 is 0 Å². The standard InChI is InChI=1S/C16H16N2O2/c1-20-16-8-3-2-5-13(16)11-18-15(10-17)12-6-4-7-14(19)9-12/h2-9,15,18-19H,11H2,1H3. The van der Waals surface area contributed by atoms with Gasteiger partial charge in [0.15, 0.2) is 0 Å². The minimum Gasteiger partial charge on any atom is -0.508 e. The van der Waals surface area contributed by atoms with Crippen molar-refractivity contribution in [2.45, 2.75) is 12.6 Å². The Morgan fingerprint density at radius 3 is 2.75 bits per heavy atom. The summed E-state index contributed by atoms with van der Waals surface area (Å²) in [5, 5.41) is 21.9. The van der Waals surface area contributed by atoms with E-state index in [1.165, 1.54) is 0 Å². The van der Waals surface area contributed by atoms with Crippen molar-refractivity contribution < 1.29 is 9.84 Å². The Balaban J connectivity index is 2.10. The molecule has 0 amide bonds. The molecule has 2 aromatic carbocycles. The van der Waals surface area contributed by atoms with E-state index < -0.39 is 6.04 Å². The molecule has 0 saturated heterocycles. The van der Waals surface area contributed by atoms with Gasteiger partial charge >= 0.3 is 0 Å². The van der Waals surface area contributed by atoms with Gasteiger partial charge < -0.3 is 9.84 Å². The van der Waals surface area contributed by atoms with Crippen LogP contribution in [0.25, 0.3) is 0 Å². The van der Waals surface area contributed by atoms with Crippen molar-refractivity contribution in [3.05, 3.63) is 59.7 Å². The number of benzene rings is 2. The fourth-order valence-corrected chi connectivity index (χ4v) is 2.00. The highest BCUT2D eigenvalue weighted by Gasteiger charge is 2.11. The molecular weight excluding hydrogens is 252 g/mol. The number of nitrogens with one attached hydrogen (secondary N) is 1. The Morgan fingerprint density at radius 2 is 2.05 bits per heavy atom. The number of methoxy groups -OCH3 is 1. The maximum Gasteiger partial charge on any atom is 0.123 e. The number of para-hydroxylation sites is 1. The van der Waals surface area contributed by atoms with Crippen molar-refractivity contribution in [1.82, 2.24) is 5.32 Å². The maximum absolute atomic E-state index is 9.47. The van der Waals surface area contributed by atoms with Crippen molar-refractivity contribution in [3.8, 4) is 17.6 Å². The van der Waals surface area contributed by atoms with Gasteiger partial charge in [0.05, 0.1) is 13.2 Å². The molecule has 0 heterocycles. The van der Waals surface area contributed by atoms with E-state index in [0.29, 0.717) is 6.54 Å². The van der Waals surface area contributed by atoms with E-state index in [4.69, 9.17) is 4.74 Å². The van der Waals surface area contributed by atoms with E-state index >= 15 is 0 Å². The average Bonchev–Trinajstić information content (AvgIpc) is 2.48. The topological polar surface area (TPSA) is 65.3 Å². The van der Waals surface area contributed by atoms with Crippen LogP contribution in [-0.2, 0) is 6.54 Å². The average molecular weight is 268 g/mol. The van der Waals surface area contributed by atoms with Crippen molar-refractivity contribution in [1.29, 1.82) is 5.26 Å². The Bertz CT molecular complexity index is 620. The van der Waals surface area contributed by atoms with Crippen molar-refractivity contribution in [2.24, 2.45) is 0 Å². The second-order valence-electron chi connectivity index (χ2n) is 4.35. The zero-order chi connectivity index (χ0) is 14.4. The molecule has 0 aliphatic carbocycles. The van der Waals surface area contributed by atoms with Gasteiger partial charge in [-0.15, -0.1) is 0 Å². The highest BCUT2D eigenvalue weighted by atomic mass is 16.5. The third kappa shape index (κ3) is 3.28. The van der Waals surface area contributed by atoms with Crippen molar-refractivity contribution in [3.63, 3.8) is 0 Å². The number of hydrogen-bond acceptors (Lipinski definition) is 4. The fraction of sp³-hybridized carbons (Fsp3) is 0.188. The van der Waals surface area contributed by atoms with Crippen molar-refractivity contribution in [2.75, 3.05) is 7.11 Å². The predicted octanol–water partition coefficient (Wildman–Crippen LogP) is 2.76. The van der Waals surface area contributed by atoms with Gasteiger partial charge in [0.2, 0.25) is 0 Å². The quantitative estimate of drug-likeness (QED) is 0.875. The van der Waals surface area contributed by atoms with Crippen LogP contribution < -0.4 is 10.1 Å². The monoisotopic (exact) mass is 268 g/mol. The zero-order valence-electron chi connectivity index (χ0n) is 11.2. The number of aromatic hydroxyl groups is 1. The lowest BCUT2D eigenvalue weighted by Crippen LogP contribution is -2.19. The van der Waals surface area contributed by atoms with E-state index in [1.54, 1.807) is 25.3 Å². The van der Waals surface area contributed by atoms with Gasteiger partial charge in [-0.3, -0.25) is 5.32 Å². The Morgan fingerprint density at radius 1 is 1.25 bits per heavy atom. The van der Waals surface area contributed by atoms with Crippen LogP contribution in [0, 0.1) is 11.3 Å². The van der Waals surface area contributed by atoms with E-state index in [-0.39, 0.29) is 5.75 Å². The molecule has 1 atom stereocenters. The summed E-state index contributed by atoms with van der Waals surface area (Å²) in [7, 11) is 1.62. The fourth-order valence-electron chi connectivity index (χ4n) is 2.00. The molecule has 0 spiro atoms. The molecule has 4 nitrogen and oxygen atoms in total. The van der Waals surface area contributed by atoms with Gasteiger partial charge in [-0.25, -0.2) is 0 Å². The van der Waals surface area contributed by atoms with Crippen LogP contribution in [0.1, 0.15) is 17.2 Å². The summed E-state index contributed by atoms with van der Waals surface area (Å²) >= 11 is 0. The van der Waals surface area contributed by atoms with Crippen LogP contribution in [0.2, 0.25) is 0 Å². The Labute approximate surface area is 118 Å². The first-order valence-corrected chi connectivity index (χ1v) is 6.28. The van der Waals surface area contributed by atoms with Gasteiger partial charge in [-0.1, -0.05) is 30.3 Å². The van der Waals surface area contributed by atoms with Crippen LogP contribution in [-0.4, -0.2) is 12.2 Å². The number of nitrogens with zero attached hydrogens (tertiary/aromatic N) is 1. The highest BCUT2D eigenvalue weighted by Crippen LogP contribution is 2.21. The first-order chi connectivity index (χ1) is 9.74. The minimum atomic E-state index is -0.480. The lowest BCUT2D eigenvalue weighted by Gasteiger charge is -2.14. The molecule has 2 rings (SSSR count). The Hall–Kier alpha value is -2.51. The minimum absolute atomic E-state index is 0.154. The van der Waals surface area contributed by atoms with E-state index in [2.05, 4.69) is 11.4 Å². The molecule has 0 aliphatic heterocycles. The van der Waals surface area contributed by atoms with Crippen LogP contribution in [0.4, 0.5) is 0 Å². The summed E-state index contributed by atoms with van der Waals surface area (Å²) in [5.41, 5.74) is 1.72. The van der Waals surface area contributed by atoms with Gasteiger partial charge in [0.25, 0.3) is 0 Å². The molecule has 2 N–H and O–H groups in total. The van der Waals surface area contributed by atoms with Gasteiger partial charge in [-0.2, -0.15) is 5.26 Å². The third-order valence-corrected chi connectivity index (χ3v) is 3.02. The SMILES string of the molecule is COc1ccccc1CNC(C#N)c1cccc(O)c1. The molecule has 0 radical (unpaired) electrons. The number of phenols is 1. The van der Waals surface area contributed by atoms with Gasteiger partial charge in [0, 0.05) is 12.1 Å². The Kier molecular flexibility index (Phi) is 4.59. The van der Waals surface area contributed by atoms with E-state index in [9.17, 15) is 10.4 Å². The summed E-state index contributed by atoms with van der Waals surface area (Å²) in [6.07, 6.45) is 0. The van der Waals surface area contributed by atoms with Crippen LogP contribution in [0.3, 0.4) is 0 Å². The number of hydrogen-bond donors (Lipinski definition) is 2. The molecule has 0 aliphatic rings. The van der Waals surface area contributed by atoms with Crippen LogP contribution in [0.15, 0.2) is 48.5 Å². The molecular formula is C16H16N2O2. The summed E-state index contributed by atoms with van der Waals surface area (Å²) in [6, 6.07) is 16.1. The number of ether oxygens (including phenoxy) is 1.